The van der Waals surface area contributed by atoms with Gasteiger partial charge in [0.2, 0.25) is 5.91 Å². The quantitative estimate of drug-likeness (QED) is 0.289. The predicted octanol–water partition coefficient (Wildman–Crippen LogP) is 2.85. The van der Waals surface area contributed by atoms with Crippen molar-refractivity contribution in [2.24, 2.45) is 5.92 Å². The summed E-state index contributed by atoms with van der Waals surface area (Å²) in [6.45, 7) is 3.63. The lowest BCUT2D eigenvalue weighted by molar-refractivity contribution is -0.393. The number of amides is 1. The highest BCUT2D eigenvalue weighted by Gasteiger charge is 2.29. The molecule has 4 N–H and O–H groups in total. The largest absolute Gasteiger partial charge is 0.508 e. The average molecular weight is 460 g/mol. The number of hydrogen-bond acceptors (Lipinski definition) is 8. The van der Waals surface area contributed by atoms with Gasteiger partial charge in [0.1, 0.15) is 23.5 Å². The summed E-state index contributed by atoms with van der Waals surface area (Å²) in [5.74, 6) is -1.99. The van der Waals surface area contributed by atoms with Gasteiger partial charge in [0, 0.05) is 12.5 Å². The van der Waals surface area contributed by atoms with Gasteiger partial charge in [-0.05, 0) is 36.1 Å². The van der Waals surface area contributed by atoms with Crippen molar-refractivity contribution in [2.75, 3.05) is 5.32 Å². The lowest BCUT2D eigenvalue weighted by Gasteiger charge is -2.23. The first-order chi connectivity index (χ1) is 15.5. The lowest BCUT2D eigenvalue weighted by Crippen LogP contribution is -2.49. The Hall–Kier alpha value is -4.22. The smallest absolute Gasteiger partial charge is 0.326 e. The molecule has 0 saturated heterocycles. The van der Waals surface area contributed by atoms with E-state index in [4.69, 9.17) is 0 Å². The number of benzene rings is 2. The van der Waals surface area contributed by atoms with Crippen LogP contribution in [0.3, 0.4) is 0 Å². The zero-order valence-electron chi connectivity index (χ0n) is 17.9. The summed E-state index contributed by atoms with van der Waals surface area (Å²) >= 11 is 0. The summed E-state index contributed by atoms with van der Waals surface area (Å²) < 4.78 is 0. The first-order valence-electron chi connectivity index (χ1n) is 9.98. The van der Waals surface area contributed by atoms with Crippen LogP contribution in [0.1, 0.15) is 25.8 Å². The van der Waals surface area contributed by atoms with E-state index in [2.05, 4.69) is 10.6 Å². The number of nitrogens with one attached hydrogen (secondary N) is 2. The number of phenols is 1. The molecule has 1 amide bonds. The van der Waals surface area contributed by atoms with Gasteiger partial charge in [-0.1, -0.05) is 26.0 Å². The Balaban J connectivity index is 2.27. The second kappa shape index (κ2) is 10.9. The molecule has 0 fully saturated rings. The number of nitro groups is 2. The van der Waals surface area contributed by atoms with Crippen LogP contribution >= 0.6 is 0 Å². The van der Waals surface area contributed by atoms with Gasteiger partial charge >= 0.3 is 5.97 Å². The summed E-state index contributed by atoms with van der Waals surface area (Å²) in [5.41, 5.74) is -0.585. The number of anilines is 1. The first-order valence-corrected chi connectivity index (χ1v) is 9.98. The number of nitro benzene ring substituents is 2. The fourth-order valence-corrected chi connectivity index (χ4v) is 3.14. The molecule has 0 aliphatic heterocycles. The van der Waals surface area contributed by atoms with E-state index in [0.717, 1.165) is 18.2 Å². The summed E-state index contributed by atoms with van der Waals surface area (Å²) in [4.78, 5) is 45.4. The number of aliphatic carboxylic acids is 1. The Labute approximate surface area is 188 Å². The summed E-state index contributed by atoms with van der Waals surface area (Å²) in [6.07, 6.45) is 0.166. The molecule has 2 atom stereocenters. The molecule has 0 aliphatic rings. The Kier molecular flexibility index (Phi) is 8.26. The topological polar surface area (TPSA) is 185 Å². The maximum absolute atomic E-state index is 12.9. The second-order valence-corrected chi connectivity index (χ2v) is 7.81. The van der Waals surface area contributed by atoms with Crippen LogP contribution in [0.2, 0.25) is 0 Å². The van der Waals surface area contributed by atoms with Crippen molar-refractivity contribution in [2.45, 2.75) is 38.8 Å². The van der Waals surface area contributed by atoms with Crippen molar-refractivity contribution in [1.29, 1.82) is 0 Å². The molecule has 2 aromatic carbocycles. The highest BCUT2D eigenvalue weighted by Crippen LogP contribution is 2.30. The van der Waals surface area contributed by atoms with Crippen LogP contribution in [-0.4, -0.2) is 44.0 Å². The number of carboxylic acids is 1. The van der Waals surface area contributed by atoms with Crippen molar-refractivity contribution in [3.8, 4) is 5.75 Å². The highest BCUT2D eigenvalue weighted by molar-refractivity contribution is 5.89. The monoisotopic (exact) mass is 460 g/mol. The summed E-state index contributed by atoms with van der Waals surface area (Å²) in [6, 6.07) is 6.53. The van der Waals surface area contributed by atoms with Gasteiger partial charge in [-0.25, -0.2) is 4.79 Å². The van der Waals surface area contributed by atoms with E-state index in [1.165, 1.54) is 24.3 Å². The van der Waals surface area contributed by atoms with Crippen LogP contribution in [0.25, 0.3) is 0 Å². The molecular weight excluding hydrogens is 436 g/mol. The Morgan fingerprint density at radius 1 is 1.00 bits per heavy atom. The van der Waals surface area contributed by atoms with Gasteiger partial charge in [-0.3, -0.25) is 25.0 Å². The fraction of sp³-hybridized carbons (Fsp3) is 0.333. The van der Waals surface area contributed by atoms with Crippen molar-refractivity contribution in [1.82, 2.24) is 5.32 Å². The number of carbonyl (C=O) groups excluding carboxylic acids is 1. The molecule has 0 aromatic heterocycles. The molecule has 0 spiro atoms. The van der Waals surface area contributed by atoms with Crippen LogP contribution in [0.4, 0.5) is 17.1 Å². The SMILES string of the molecule is CC(C)C[C@H](Nc1ccc([N+](=O)[O-])cc1[N+](=O)[O-])C(=O)N[C@@H](Cc1ccc(O)cc1)C(=O)O. The number of carboxylic acid groups (broad SMARTS) is 1. The minimum atomic E-state index is -1.29. The van der Waals surface area contributed by atoms with Crippen LogP contribution in [-0.2, 0) is 16.0 Å². The molecule has 12 heteroatoms. The number of nitrogens with zero attached hydrogens (tertiary/aromatic N) is 2. The average Bonchev–Trinajstić information content (AvgIpc) is 2.73. The minimum absolute atomic E-state index is 0.0144. The molecule has 0 unspecified atom stereocenters. The van der Waals surface area contributed by atoms with E-state index in [-0.39, 0.29) is 30.2 Å². The number of carbonyl (C=O) groups is 2. The van der Waals surface area contributed by atoms with Crippen LogP contribution in [0.5, 0.6) is 5.75 Å². The molecular formula is C21H24N4O8. The molecule has 2 rings (SSSR count). The van der Waals surface area contributed by atoms with Gasteiger partial charge in [0.25, 0.3) is 11.4 Å². The molecule has 0 aliphatic carbocycles. The minimum Gasteiger partial charge on any atom is -0.508 e. The Bertz CT molecular complexity index is 1040. The van der Waals surface area contributed by atoms with E-state index in [1.54, 1.807) is 0 Å². The Morgan fingerprint density at radius 2 is 1.64 bits per heavy atom. The molecule has 0 saturated carbocycles. The van der Waals surface area contributed by atoms with Crippen LogP contribution in [0, 0.1) is 26.1 Å². The van der Waals surface area contributed by atoms with E-state index >= 15 is 0 Å². The number of aromatic hydroxyl groups is 1. The van der Waals surface area contributed by atoms with Gasteiger partial charge in [-0.2, -0.15) is 0 Å². The molecule has 0 radical (unpaired) electrons. The van der Waals surface area contributed by atoms with Gasteiger partial charge in [0.05, 0.1) is 15.9 Å². The standard InChI is InChI=1S/C21H24N4O8/c1-12(2)9-17(22-16-8-5-14(24(30)31)11-19(16)25(32)33)20(27)23-18(21(28)29)10-13-3-6-15(26)7-4-13/h3-8,11-12,17-18,22,26H,9-10H2,1-2H3,(H,23,27)(H,28,29)/t17-,18-/m0/s1. The van der Waals surface area contributed by atoms with E-state index in [9.17, 15) is 40.0 Å². The third-order valence-corrected chi connectivity index (χ3v) is 4.73. The predicted molar refractivity (Wildman–Crippen MR) is 118 cm³/mol. The van der Waals surface area contributed by atoms with Crippen LogP contribution in [0.15, 0.2) is 42.5 Å². The maximum atomic E-state index is 12.9. The number of phenolic OH excluding ortho intramolecular Hbond substituents is 1. The third kappa shape index (κ3) is 7.16. The van der Waals surface area contributed by atoms with E-state index < -0.39 is 45.2 Å². The van der Waals surface area contributed by atoms with Crippen LogP contribution < -0.4 is 10.6 Å². The first kappa shape index (κ1) is 25.0. The summed E-state index contributed by atoms with van der Waals surface area (Å²) in [7, 11) is 0. The Morgan fingerprint density at radius 3 is 2.15 bits per heavy atom. The van der Waals surface area contributed by atoms with Crippen molar-refractivity contribution in [3.63, 3.8) is 0 Å². The molecule has 12 nitrogen and oxygen atoms in total. The molecule has 176 valence electrons. The van der Waals surface area contributed by atoms with Crippen molar-refractivity contribution < 1.29 is 29.6 Å². The van der Waals surface area contributed by atoms with Gasteiger partial charge < -0.3 is 20.8 Å². The fourth-order valence-electron chi connectivity index (χ4n) is 3.14. The number of hydrogen-bond donors (Lipinski definition) is 4. The highest BCUT2D eigenvalue weighted by atomic mass is 16.6. The summed E-state index contributed by atoms with van der Waals surface area (Å²) in [5, 5.41) is 46.5. The van der Waals surface area contributed by atoms with E-state index in [0.29, 0.717) is 5.56 Å². The second-order valence-electron chi connectivity index (χ2n) is 7.81. The number of non-ortho nitro benzene ring substituents is 1. The van der Waals surface area contributed by atoms with Gasteiger partial charge in [-0.15, -0.1) is 0 Å². The normalized spacial score (nSPS) is 12.6. The third-order valence-electron chi connectivity index (χ3n) is 4.73. The molecule has 0 bridgehead atoms. The molecule has 0 heterocycles. The zero-order valence-corrected chi connectivity index (χ0v) is 17.9. The molecule has 33 heavy (non-hydrogen) atoms. The van der Waals surface area contributed by atoms with Gasteiger partial charge in [0.15, 0.2) is 0 Å². The lowest BCUT2D eigenvalue weighted by atomic mass is 10.0. The molecule has 2 aromatic rings. The van der Waals surface area contributed by atoms with Crippen molar-refractivity contribution in [3.05, 3.63) is 68.3 Å². The maximum Gasteiger partial charge on any atom is 0.326 e. The number of rotatable bonds is 11. The van der Waals surface area contributed by atoms with Crippen molar-refractivity contribution >= 4 is 28.9 Å². The van der Waals surface area contributed by atoms with E-state index in [1.807, 2.05) is 13.8 Å². The zero-order chi connectivity index (χ0) is 24.7.